The van der Waals surface area contributed by atoms with Crippen LogP contribution in [-0.4, -0.2) is 20.1 Å². The zero-order valence-corrected chi connectivity index (χ0v) is 12.5. The fourth-order valence-electron chi connectivity index (χ4n) is 2.09. The molecule has 0 spiro atoms. The van der Waals surface area contributed by atoms with Gasteiger partial charge in [0.2, 0.25) is 0 Å². The van der Waals surface area contributed by atoms with Crippen LogP contribution in [-0.2, 0) is 11.3 Å². The van der Waals surface area contributed by atoms with Crippen LogP contribution in [0.5, 0.6) is 0 Å². The van der Waals surface area contributed by atoms with Crippen molar-refractivity contribution in [2.75, 3.05) is 19.1 Å². The summed E-state index contributed by atoms with van der Waals surface area (Å²) in [5.41, 5.74) is 1.47. The summed E-state index contributed by atoms with van der Waals surface area (Å²) in [5, 5.41) is 0.359. The standard InChI is InChI=1S/C16H15ClFNO2/c1-19(10-12-13(17)7-5-8-14(12)18)15-9-4-3-6-11(15)16(20)21-2/h3-9H,10H2,1-2H3. The topological polar surface area (TPSA) is 29.5 Å². The predicted octanol–water partition coefficient (Wildman–Crippen LogP) is 3.90. The number of hydrogen-bond acceptors (Lipinski definition) is 3. The number of esters is 1. The molecule has 110 valence electrons. The van der Waals surface area contributed by atoms with Gasteiger partial charge in [-0.25, -0.2) is 9.18 Å². The van der Waals surface area contributed by atoms with E-state index in [1.54, 1.807) is 48.3 Å². The van der Waals surface area contributed by atoms with Crippen molar-refractivity contribution in [3.63, 3.8) is 0 Å². The van der Waals surface area contributed by atoms with Gasteiger partial charge < -0.3 is 9.64 Å². The first-order chi connectivity index (χ1) is 10.0. The molecule has 3 nitrogen and oxygen atoms in total. The molecule has 0 aliphatic rings. The van der Waals surface area contributed by atoms with Gasteiger partial charge in [-0.1, -0.05) is 29.8 Å². The lowest BCUT2D eigenvalue weighted by Crippen LogP contribution is -2.20. The first kappa shape index (κ1) is 15.3. The second kappa shape index (κ2) is 6.59. The minimum absolute atomic E-state index is 0.250. The van der Waals surface area contributed by atoms with E-state index in [4.69, 9.17) is 16.3 Å². The van der Waals surface area contributed by atoms with E-state index in [1.807, 2.05) is 0 Å². The Bertz CT molecular complexity index is 640. The predicted molar refractivity (Wildman–Crippen MR) is 81.3 cm³/mol. The van der Waals surface area contributed by atoms with Crippen molar-refractivity contribution < 1.29 is 13.9 Å². The SMILES string of the molecule is COC(=O)c1ccccc1N(C)Cc1c(F)cccc1Cl. The highest BCUT2D eigenvalue weighted by Gasteiger charge is 2.16. The molecule has 0 amide bonds. The Morgan fingerprint density at radius 1 is 1.24 bits per heavy atom. The number of ether oxygens (including phenoxy) is 1. The molecule has 0 aliphatic carbocycles. The van der Waals surface area contributed by atoms with Crippen molar-refractivity contribution in [1.82, 2.24) is 0 Å². The number of rotatable bonds is 4. The van der Waals surface area contributed by atoms with Gasteiger partial charge in [-0.2, -0.15) is 0 Å². The molecule has 0 aliphatic heterocycles. The van der Waals surface area contributed by atoms with E-state index >= 15 is 0 Å². The summed E-state index contributed by atoms with van der Waals surface area (Å²) in [5.74, 6) is -0.804. The number of carbonyl (C=O) groups excluding carboxylic acids is 1. The normalized spacial score (nSPS) is 10.3. The number of nitrogens with zero attached hydrogens (tertiary/aromatic N) is 1. The lowest BCUT2D eigenvalue weighted by molar-refractivity contribution is 0.0601. The molecule has 2 rings (SSSR count). The number of carbonyl (C=O) groups is 1. The summed E-state index contributed by atoms with van der Waals surface area (Å²) in [7, 11) is 3.09. The molecule has 0 N–H and O–H groups in total. The van der Waals surface area contributed by atoms with Gasteiger partial charge in [-0.3, -0.25) is 0 Å². The Morgan fingerprint density at radius 3 is 2.62 bits per heavy atom. The second-order valence-corrected chi connectivity index (χ2v) is 4.97. The molecular weight excluding hydrogens is 293 g/mol. The van der Waals surface area contributed by atoms with Gasteiger partial charge in [-0.05, 0) is 24.3 Å². The summed E-state index contributed by atoms with van der Waals surface area (Å²) in [6.07, 6.45) is 0. The molecule has 0 saturated carbocycles. The largest absolute Gasteiger partial charge is 0.465 e. The number of hydrogen-bond donors (Lipinski definition) is 0. The smallest absolute Gasteiger partial charge is 0.339 e. The summed E-state index contributed by atoms with van der Waals surface area (Å²) in [6, 6.07) is 11.6. The molecule has 0 radical (unpaired) electrons. The molecule has 0 aromatic heterocycles. The van der Waals surface area contributed by atoms with Crippen LogP contribution in [0, 0.1) is 5.82 Å². The van der Waals surface area contributed by atoms with Gasteiger partial charge in [0.25, 0.3) is 0 Å². The maximum atomic E-state index is 13.8. The quantitative estimate of drug-likeness (QED) is 0.802. The monoisotopic (exact) mass is 307 g/mol. The average Bonchev–Trinajstić information content (AvgIpc) is 2.50. The van der Waals surface area contributed by atoms with Gasteiger partial charge in [0.15, 0.2) is 0 Å². The van der Waals surface area contributed by atoms with Gasteiger partial charge in [0, 0.05) is 24.2 Å². The van der Waals surface area contributed by atoms with Crippen molar-refractivity contribution in [1.29, 1.82) is 0 Å². The highest BCUT2D eigenvalue weighted by Crippen LogP contribution is 2.25. The van der Waals surface area contributed by atoms with Crippen LogP contribution >= 0.6 is 11.6 Å². The zero-order chi connectivity index (χ0) is 15.4. The Hall–Kier alpha value is -2.07. The molecule has 0 saturated heterocycles. The maximum absolute atomic E-state index is 13.8. The lowest BCUT2D eigenvalue weighted by Gasteiger charge is -2.22. The van der Waals surface area contributed by atoms with Crippen molar-refractivity contribution in [2.24, 2.45) is 0 Å². The van der Waals surface area contributed by atoms with Crippen molar-refractivity contribution >= 4 is 23.3 Å². The summed E-state index contributed by atoms with van der Waals surface area (Å²) < 4.78 is 18.6. The average molecular weight is 308 g/mol. The second-order valence-electron chi connectivity index (χ2n) is 4.57. The van der Waals surface area contributed by atoms with E-state index in [2.05, 4.69) is 0 Å². The molecule has 21 heavy (non-hydrogen) atoms. The fraction of sp³-hybridized carbons (Fsp3) is 0.188. The highest BCUT2D eigenvalue weighted by molar-refractivity contribution is 6.31. The molecular formula is C16H15ClFNO2. The highest BCUT2D eigenvalue weighted by atomic mass is 35.5. The van der Waals surface area contributed by atoms with Gasteiger partial charge in [-0.15, -0.1) is 0 Å². The van der Waals surface area contributed by atoms with E-state index in [0.717, 1.165) is 0 Å². The summed E-state index contributed by atoms with van der Waals surface area (Å²) in [6.45, 7) is 0.250. The third-order valence-corrected chi connectivity index (χ3v) is 3.53. The first-order valence-electron chi connectivity index (χ1n) is 6.36. The van der Waals surface area contributed by atoms with Crippen LogP contribution in [0.4, 0.5) is 10.1 Å². The molecule has 5 heteroatoms. The molecule has 0 bridgehead atoms. The molecule has 2 aromatic rings. The van der Waals surface area contributed by atoms with Crippen molar-refractivity contribution in [3.8, 4) is 0 Å². The van der Waals surface area contributed by atoms with Crippen molar-refractivity contribution in [2.45, 2.75) is 6.54 Å². The Morgan fingerprint density at radius 2 is 1.95 bits per heavy atom. The number of para-hydroxylation sites is 1. The molecule has 2 aromatic carbocycles. The molecule has 0 atom stereocenters. The Kier molecular flexibility index (Phi) is 4.81. The first-order valence-corrected chi connectivity index (χ1v) is 6.73. The number of halogens is 2. The minimum atomic E-state index is -0.433. The minimum Gasteiger partial charge on any atom is -0.465 e. The lowest BCUT2D eigenvalue weighted by atomic mass is 10.1. The van der Waals surface area contributed by atoms with E-state index < -0.39 is 5.97 Å². The van der Waals surface area contributed by atoms with Gasteiger partial charge in [0.1, 0.15) is 5.82 Å². The van der Waals surface area contributed by atoms with Crippen LogP contribution in [0.3, 0.4) is 0 Å². The third kappa shape index (κ3) is 3.34. The molecule has 0 fully saturated rings. The summed E-state index contributed by atoms with van der Waals surface area (Å²) >= 11 is 6.03. The van der Waals surface area contributed by atoms with E-state index in [9.17, 15) is 9.18 Å². The Labute approximate surface area is 127 Å². The molecule has 0 unspecified atom stereocenters. The van der Waals surface area contributed by atoms with Crippen LogP contribution in [0.15, 0.2) is 42.5 Å². The van der Waals surface area contributed by atoms with Crippen LogP contribution in [0.1, 0.15) is 15.9 Å². The number of anilines is 1. The van der Waals surface area contributed by atoms with Gasteiger partial charge >= 0.3 is 5.97 Å². The van der Waals surface area contributed by atoms with Crippen LogP contribution in [0.2, 0.25) is 5.02 Å². The van der Waals surface area contributed by atoms with Crippen LogP contribution in [0.25, 0.3) is 0 Å². The van der Waals surface area contributed by atoms with Gasteiger partial charge in [0.05, 0.1) is 18.4 Å². The van der Waals surface area contributed by atoms with Crippen LogP contribution < -0.4 is 4.90 Å². The fourth-order valence-corrected chi connectivity index (χ4v) is 2.32. The third-order valence-electron chi connectivity index (χ3n) is 3.18. The number of methoxy groups -OCH3 is 1. The Balaban J connectivity index is 2.33. The van der Waals surface area contributed by atoms with E-state index in [-0.39, 0.29) is 12.4 Å². The van der Waals surface area contributed by atoms with E-state index in [0.29, 0.717) is 21.8 Å². The summed E-state index contributed by atoms with van der Waals surface area (Å²) in [4.78, 5) is 13.5. The van der Waals surface area contributed by atoms with Crippen molar-refractivity contribution in [3.05, 3.63) is 64.4 Å². The number of benzene rings is 2. The zero-order valence-electron chi connectivity index (χ0n) is 11.8. The maximum Gasteiger partial charge on any atom is 0.339 e. The van der Waals surface area contributed by atoms with E-state index in [1.165, 1.54) is 13.2 Å². The molecule has 0 heterocycles.